The lowest BCUT2D eigenvalue weighted by Gasteiger charge is -2.07. The molecule has 0 saturated carbocycles. The molecule has 0 radical (unpaired) electrons. The van der Waals surface area contributed by atoms with Crippen molar-refractivity contribution in [1.29, 1.82) is 0 Å². The molecule has 0 unspecified atom stereocenters. The fourth-order valence-electron chi connectivity index (χ4n) is 1.66. The van der Waals surface area contributed by atoms with Gasteiger partial charge in [0.15, 0.2) is 5.65 Å². The van der Waals surface area contributed by atoms with Crippen molar-refractivity contribution in [3.63, 3.8) is 0 Å². The van der Waals surface area contributed by atoms with Crippen LogP contribution in [0.15, 0.2) is 40.5 Å². The molecule has 19 heavy (non-hydrogen) atoms. The third-order valence-corrected chi connectivity index (χ3v) is 3.72. The standard InChI is InChI=1S/C12H9ClN4OS/c1-18-7-4-2-3-5-8(7)19-11-9-10(15-6-14-9)16-12(13)17-11/h2-6H,1H3,(H,14,15,16,17). The summed E-state index contributed by atoms with van der Waals surface area (Å²) in [5, 5.41) is 0.897. The van der Waals surface area contributed by atoms with Crippen molar-refractivity contribution in [1.82, 2.24) is 19.9 Å². The Morgan fingerprint density at radius 3 is 2.95 bits per heavy atom. The van der Waals surface area contributed by atoms with Crippen LogP contribution in [0.2, 0.25) is 5.28 Å². The monoisotopic (exact) mass is 292 g/mol. The van der Waals surface area contributed by atoms with Gasteiger partial charge in [-0.05, 0) is 23.7 Å². The Morgan fingerprint density at radius 2 is 2.11 bits per heavy atom. The number of rotatable bonds is 3. The van der Waals surface area contributed by atoms with Crippen LogP contribution in [-0.4, -0.2) is 27.0 Å². The summed E-state index contributed by atoms with van der Waals surface area (Å²) < 4.78 is 5.32. The van der Waals surface area contributed by atoms with Gasteiger partial charge in [-0.25, -0.2) is 9.97 Å². The fourth-order valence-corrected chi connectivity index (χ4v) is 2.87. The second-order valence-corrected chi connectivity index (χ2v) is 5.02. The normalized spacial score (nSPS) is 10.8. The van der Waals surface area contributed by atoms with E-state index in [1.807, 2.05) is 24.3 Å². The van der Waals surface area contributed by atoms with Crippen LogP contribution in [0, 0.1) is 0 Å². The molecular weight excluding hydrogens is 284 g/mol. The average Bonchev–Trinajstić information content (AvgIpc) is 2.87. The van der Waals surface area contributed by atoms with Gasteiger partial charge in [0.05, 0.1) is 18.3 Å². The number of nitrogens with one attached hydrogen (secondary N) is 1. The van der Waals surface area contributed by atoms with Gasteiger partial charge in [-0.1, -0.05) is 23.9 Å². The van der Waals surface area contributed by atoms with Crippen molar-refractivity contribution in [3.05, 3.63) is 35.9 Å². The molecule has 0 amide bonds. The Bertz CT molecular complexity index is 731. The van der Waals surface area contributed by atoms with E-state index in [0.717, 1.165) is 21.2 Å². The number of aromatic amines is 1. The van der Waals surface area contributed by atoms with Crippen molar-refractivity contribution < 1.29 is 4.74 Å². The first-order valence-corrected chi connectivity index (χ1v) is 6.65. The van der Waals surface area contributed by atoms with Gasteiger partial charge in [-0.15, -0.1) is 0 Å². The van der Waals surface area contributed by atoms with Gasteiger partial charge in [0.1, 0.15) is 16.3 Å². The molecule has 0 aliphatic carbocycles. The van der Waals surface area contributed by atoms with Gasteiger partial charge in [0.25, 0.3) is 0 Å². The maximum absolute atomic E-state index is 5.90. The van der Waals surface area contributed by atoms with E-state index in [1.165, 1.54) is 11.8 Å². The van der Waals surface area contributed by atoms with E-state index in [4.69, 9.17) is 16.3 Å². The molecule has 7 heteroatoms. The van der Waals surface area contributed by atoms with E-state index < -0.39 is 0 Å². The lowest BCUT2D eigenvalue weighted by atomic mass is 10.3. The molecule has 5 nitrogen and oxygen atoms in total. The Hall–Kier alpha value is -1.79. The summed E-state index contributed by atoms with van der Waals surface area (Å²) in [5.41, 5.74) is 1.32. The summed E-state index contributed by atoms with van der Waals surface area (Å²) in [4.78, 5) is 16.3. The molecule has 3 aromatic rings. The largest absolute Gasteiger partial charge is 0.496 e. The van der Waals surface area contributed by atoms with Crippen LogP contribution in [-0.2, 0) is 0 Å². The molecule has 0 aliphatic heterocycles. The number of methoxy groups -OCH3 is 1. The Morgan fingerprint density at radius 1 is 1.26 bits per heavy atom. The highest BCUT2D eigenvalue weighted by Gasteiger charge is 2.12. The van der Waals surface area contributed by atoms with Gasteiger partial charge in [0, 0.05) is 0 Å². The number of nitrogens with zero attached hydrogens (tertiary/aromatic N) is 3. The first kappa shape index (κ1) is 12.3. The zero-order chi connectivity index (χ0) is 13.2. The molecule has 0 bridgehead atoms. The number of para-hydroxylation sites is 1. The lowest BCUT2D eigenvalue weighted by Crippen LogP contribution is -1.90. The van der Waals surface area contributed by atoms with Crippen LogP contribution in [0.4, 0.5) is 0 Å². The van der Waals surface area contributed by atoms with Crippen molar-refractivity contribution in [2.45, 2.75) is 9.92 Å². The number of hydrogen-bond acceptors (Lipinski definition) is 5. The summed E-state index contributed by atoms with van der Waals surface area (Å²) in [6, 6.07) is 7.72. The van der Waals surface area contributed by atoms with Crippen LogP contribution in [0.25, 0.3) is 11.2 Å². The molecule has 1 aromatic carbocycles. The Balaban J connectivity index is 2.07. The molecule has 96 valence electrons. The summed E-state index contributed by atoms with van der Waals surface area (Å²) >= 11 is 7.36. The quantitative estimate of drug-likeness (QED) is 0.593. The molecule has 0 fully saturated rings. The zero-order valence-electron chi connectivity index (χ0n) is 9.92. The molecule has 0 spiro atoms. The smallest absolute Gasteiger partial charge is 0.225 e. The predicted octanol–water partition coefficient (Wildman–Crippen LogP) is 3.17. The number of ether oxygens (including phenoxy) is 1. The van der Waals surface area contributed by atoms with Crippen molar-refractivity contribution in [2.75, 3.05) is 7.11 Å². The number of fused-ring (bicyclic) bond motifs is 1. The summed E-state index contributed by atoms with van der Waals surface area (Å²) in [7, 11) is 1.64. The van der Waals surface area contributed by atoms with Crippen LogP contribution in [0.3, 0.4) is 0 Å². The van der Waals surface area contributed by atoms with Crippen LogP contribution in [0.1, 0.15) is 0 Å². The van der Waals surface area contributed by atoms with E-state index in [2.05, 4.69) is 19.9 Å². The number of imidazole rings is 1. The average molecular weight is 293 g/mol. The molecule has 2 heterocycles. The summed E-state index contributed by atoms with van der Waals surface area (Å²) in [6.45, 7) is 0. The van der Waals surface area contributed by atoms with Crippen molar-refractivity contribution >= 4 is 34.5 Å². The third kappa shape index (κ3) is 2.36. The van der Waals surface area contributed by atoms with Crippen LogP contribution < -0.4 is 4.74 Å². The number of halogens is 1. The number of benzene rings is 1. The highest BCUT2D eigenvalue weighted by atomic mass is 35.5. The van der Waals surface area contributed by atoms with E-state index >= 15 is 0 Å². The summed E-state index contributed by atoms with van der Waals surface area (Å²) in [5.74, 6) is 0.787. The van der Waals surface area contributed by atoms with Gasteiger partial charge in [0.2, 0.25) is 5.28 Å². The van der Waals surface area contributed by atoms with Gasteiger partial charge < -0.3 is 9.72 Å². The molecule has 3 rings (SSSR count). The highest BCUT2D eigenvalue weighted by Crippen LogP contribution is 2.36. The molecular formula is C12H9ClN4OS. The van der Waals surface area contributed by atoms with Crippen LogP contribution in [0.5, 0.6) is 5.75 Å². The minimum Gasteiger partial charge on any atom is -0.496 e. The topological polar surface area (TPSA) is 63.7 Å². The first-order valence-electron chi connectivity index (χ1n) is 5.45. The van der Waals surface area contributed by atoms with E-state index in [1.54, 1.807) is 13.4 Å². The Labute approximate surface area is 118 Å². The first-order chi connectivity index (χ1) is 9.28. The third-order valence-electron chi connectivity index (χ3n) is 2.50. The second-order valence-electron chi connectivity index (χ2n) is 3.65. The zero-order valence-corrected chi connectivity index (χ0v) is 11.5. The number of hydrogen-bond donors (Lipinski definition) is 1. The maximum atomic E-state index is 5.90. The second kappa shape index (κ2) is 5.07. The number of H-pyrrole nitrogens is 1. The van der Waals surface area contributed by atoms with Crippen molar-refractivity contribution in [3.8, 4) is 5.75 Å². The van der Waals surface area contributed by atoms with E-state index in [-0.39, 0.29) is 5.28 Å². The molecule has 2 aromatic heterocycles. The minimum atomic E-state index is 0.178. The number of aromatic nitrogens is 4. The SMILES string of the molecule is COc1ccccc1Sc1nc(Cl)nc2nc[nH]c12. The molecule has 0 saturated heterocycles. The molecule has 1 N–H and O–H groups in total. The minimum absolute atomic E-state index is 0.178. The van der Waals surface area contributed by atoms with E-state index in [0.29, 0.717) is 5.65 Å². The fraction of sp³-hybridized carbons (Fsp3) is 0.0833. The van der Waals surface area contributed by atoms with Gasteiger partial charge in [-0.3, -0.25) is 0 Å². The molecule has 0 aliphatic rings. The van der Waals surface area contributed by atoms with Crippen LogP contribution >= 0.6 is 23.4 Å². The molecule has 0 atom stereocenters. The van der Waals surface area contributed by atoms with E-state index in [9.17, 15) is 0 Å². The highest BCUT2D eigenvalue weighted by molar-refractivity contribution is 7.99. The Kier molecular flexibility index (Phi) is 3.27. The van der Waals surface area contributed by atoms with Gasteiger partial charge >= 0.3 is 0 Å². The van der Waals surface area contributed by atoms with Crippen molar-refractivity contribution in [2.24, 2.45) is 0 Å². The maximum Gasteiger partial charge on any atom is 0.225 e. The van der Waals surface area contributed by atoms with Gasteiger partial charge in [-0.2, -0.15) is 4.98 Å². The lowest BCUT2D eigenvalue weighted by molar-refractivity contribution is 0.405. The predicted molar refractivity (Wildman–Crippen MR) is 73.8 cm³/mol. The summed E-state index contributed by atoms with van der Waals surface area (Å²) in [6.07, 6.45) is 1.57.